The van der Waals surface area contributed by atoms with Crippen molar-refractivity contribution in [1.29, 1.82) is 0 Å². The number of hydrogen-bond acceptors (Lipinski definition) is 5. The summed E-state index contributed by atoms with van der Waals surface area (Å²) in [5.41, 5.74) is 2.52. The van der Waals surface area contributed by atoms with Crippen molar-refractivity contribution < 1.29 is 0 Å². The zero-order chi connectivity index (χ0) is 17.2. The van der Waals surface area contributed by atoms with E-state index in [9.17, 15) is 0 Å². The smallest absolute Gasteiger partial charge is 0.138 e. The van der Waals surface area contributed by atoms with Gasteiger partial charge in [0.2, 0.25) is 0 Å². The van der Waals surface area contributed by atoms with Crippen LogP contribution in [0.2, 0.25) is 5.02 Å². The van der Waals surface area contributed by atoms with Gasteiger partial charge in [-0.1, -0.05) is 23.7 Å². The third kappa shape index (κ3) is 3.78. The molecule has 1 fully saturated rings. The molecule has 0 spiro atoms. The second-order valence-electron chi connectivity index (χ2n) is 6.69. The molecule has 0 radical (unpaired) electrons. The molecule has 0 aliphatic carbocycles. The van der Waals surface area contributed by atoms with E-state index >= 15 is 0 Å². The Labute approximate surface area is 156 Å². The minimum absolute atomic E-state index is 0.484. The number of fused-ring (bicyclic) bond motifs is 1. The Balaban J connectivity index is 1.61. The second kappa shape index (κ2) is 7.28. The number of benzene rings is 1. The molecule has 1 aliphatic rings. The van der Waals surface area contributed by atoms with Gasteiger partial charge in [-0.3, -0.25) is 0 Å². The third-order valence-corrected chi connectivity index (χ3v) is 6.00. The van der Waals surface area contributed by atoms with Gasteiger partial charge in [0.1, 0.15) is 17.0 Å². The van der Waals surface area contributed by atoms with Crippen molar-refractivity contribution in [2.24, 2.45) is 0 Å². The topological polar surface area (TPSA) is 41.0 Å². The van der Waals surface area contributed by atoms with Crippen LogP contribution in [0.25, 0.3) is 10.2 Å². The highest BCUT2D eigenvalue weighted by Crippen LogP contribution is 2.32. The Morgan fingerprint density at radius 1 is 1.20 bits per heavy atom. The minimum atomic E-state index is 0.484. The van der Waals surface area contributed by atoms with Gasteiger partial charge in [-0.25, -0.2) is 9.97 Å². The van der Waals surface area contributed by atoms with E-state index < -0.39 is 0 Å². The van der Waals surface area contributed by atoms with Crippen LogP contribution in [0, 0.1) is 0 Å². The van der Waals surface area contributed by atoms with E-state index in [1.807, 2.05) is 12.1 Å². The van der Waals surface area contributed by atoms with E-state index in [0.29, 0.717) is 6.04 Å². The molecule has 0 amide bonds. The van der Waals surface area contributed by atoms with Gasteiger partial charge in [-0.15, -0.1) is 11.3 Å². The number of rotatable bonds is 4. The summed E-state index contributed by atoms with van der Waals surface area (Å²) in [5, 5.41) is 7.81. The summed E-state index contributed by atoms with van der Waals surface area (Å²) in [6, 6.07) is 8.54. The number of thiophene rings is 1. The molecule has 130 valence electrons. The molecular formula is C19H21ClN4S. The first-order valence-corrected chi connectivity index (χ1v) is 9.85. The molecule has 1 aliphatic heterocycles. The van der Waals surface area contributed by atoms with Crippen molar-refractivity contribution in [2.75, 3.05) is 25.5 Å². The van der Waals surface area contributed by atoms with Crippen molar-refractivity contribution in [3.05, 3.63) is 52.1 Å². The van der Waals surface area contributed by atoms with E-state index in [0.717, 1.165) is 48.0 Å². The summed E-state index contributed by atoms with van der Waals surface area (Å²) in [4.78, 5) is 12.4. The number of halogens is 1. The minimum Gasteiger partial charge on any atom is -0.367 e. The highest BCUT2D eigenvalue weighted by Gasteiger charge is 2.19. The first-order valence-electron chi connectivity index (χ1n) is 8.59. The Kier molecular flexibility index (Phi) is 4.88. The third-order valence-electron chi connectivity index (χ3n) is 4.81. The van der Waals surface area contributed by atoms with Crippen LogP contribution >= 0.6 is 22.9 Å². The fraction of sp³-hybridized carbons (Fsp3) is 0.368. The lowest BCUT2D eigenvalue weighted by molar-refractivity contribution is 0.264. The fourth-order valence-corrected chi connectivity index (χ4v) is 4.38. The second-order valence-corrected chi connectivity index (χ2v) is 7.98. The summed E-state index contributed by atoms with van der Waals surface area (Å²) in [6.07, 6.45) is 4.84. The van der Waals surface area contributed by atoms with Gasteiger partial charge in [-0.05, 0) is 68.0 Å². The number of piperidine rings is 1. The summed E-state index contributed by atoms with van der Waals surface area (Å²) < 4.78 is 0. The van der Waals surface area contributed by atoms with Gasteiger partial charge in [0, 0.05) is 11.1 Å². The number of anilines is 1. The Hall–Kier alpha value is -1.69. The molecule has 0 unspecified atom stereocenters. The maximum absolute atomic E-state index is 6.00. The highest BCUT2D eigenvalue weighted by molar-refractivity contribution is 7.17. The van der Waals surface area contributed by atoms with Crippen LogP contribution in [0.3, 0.4) is 0 Å². The van der Waals surface area contributed by atoms with Crippen molar-refractivity contribution in [3.8, 4) is 0 Å². The van der Waals surface area contributed by atoms with Gasteiger partial charge in [0.25, 0.3) is 0 Å². The summed E-state index contributed by atoms with van der Waals surface area (Å²) in [5.74, 6) is 0.977. The number of aromatic nitrogens is 2. The van der Waals surface area contributed by atoms with E-state index in [4.69, 9.17) is 11.6 Å². The monoisotopic (exact) mass is 372 g/mol. The molecule has 0 bridgehead atoms. The zero-order valence-corrected chi connectivity index (χ0v) is 15.8. The van der Waals surface area contributed by atoms with E-state index in [1.54, 1.807) is 17.7 Å². The number of hydrogen-bond donors (Lipinski definition) is 1. The van der Waals surface area contributed by atoms with Crippen LogP contribution in [0.4, 0.5) is 5.82 Å². The molecule has 0 atom stereocenters. The molecule has 1 aromatic carbocycles. The zero-order valence-electron chi connectivity index (χ0n) is 14.2. The molecular weight excluding hydrogens is 352 g/mol. The molecule has 2 aromatic heterocycles. The average molecular weight is 373 g/mol. The quantitative estimate of drug-likeness (QED) is 0.735. The van der Waals surface area contributed by atoms with Gasteiger partial charge in [0.15, 0.2) is 0 Å². The first-order chi connectivity index (χ1) is 12.2. The van der Waals surface area contributed by atoms with Crippen LogP contribution in [-0.2, 0) is 6.42 Å². The number of likely N-dealkylation sites (tertiary alicyclic amines) is 1. The molecule has 6 heteroatoms. The Morgan fingerprint density at radius 2 is 1.96 bits per heavy atom. The van der Waals surface area contributed by atoms with Gasteiger partial charge < -0.3 is 10.2 Å². The van der Waals surface area contributed by atoms with Crippen LogP contribution in [0.1, 0.15) is 24.0 Å². The molecule has 1 N–H and O–H groups in total. The SMILES string of the molecule is CN1CCC(Nc2ncnc3scc(Cc4ccc(Cl)cc4)c23)CC1. The lowest BCUT2D eigenvalue weighted by Gasteiger charge is -2.30. The first kappa shape index (κ1) is 16.8. The van der Waals surface area contributed by atoms with E-state index in [-0.39, 0.29) is 0 Å². The van der Waals surface area contributed by atoms with Gasteiger partial charge in [0.05, 0.1) is 5.39 Å². The van der Waals surface area contributed by atoms with E-state index in [2.05, 4.69) is 44.7 Å². The van der Waals surface area contributed by atoms with Crippen LogP contribution in [0.5, 0.6) is 0 Å². The normalized spacial score (nSPS) is 16.4. The Morgan fingerprint density at radius 3 is 2.72 bits per heavy atom. The van der Waals surface area contributed by atoms with Crippen LogP contribution < -0.4 is 5.32 Å². The predicted octanol–water partition coefficient (Wildman–Crippen LogP) is 4.44. The lowest BCUT2D eigenvalue weighted by atomic mass is 10.0. The molecule has 4 nitrogen and oxygen atoms in total. The van der Waals surface area contributed by atoms with Crippen molar-refractivity contribution in [1.82, 2.24) is 14.9 Å². The largest absolute Gasteiger partial charge is 0.367 e. The average Bonchev–Trinajstić information content (AvgIpc) is 3.03. The fourth-order valence-electron chi connectivity index (χ4n) is 3.34. The summed E-state index contributed by atoms with van der Waals surface area (Å²) >= 11 is 7.69. The standard InChI is InChI=1S/C19H21ClN4S/c1-24-8-6-16(7-9-24)23-18-17-14(11-25-19(17)22-12-21-18)10-13-2-4-15(20)5-3-13/h2-5,11-12,16H,6-10H2,1H3,(H,21,22,23). The molecule has 0 saturated carbocycles. The maximum Gasteiger partial charge on any atom is 0.138 e. The molecule has 3 heterocycles. The van der Waals surface area contributed by atoms with Crippen LogP contribution in [0.15, 0.2) is 36.0 Å². The Bertz CT molecular complexity index is 853. The molecule has 4 rings (SSSR count). The number of nitrogens with zero attached hydrogens (tertiary/aromatic N) is 3. The lowest BCUT2D eigenvalue weighted by Crippen LogP contribution is -2.36. The van der Waals surface area contributed by atoms with E-state index in [1.165, 1.54) is 16.5 Å². The molecule has 25 heavy (non-hydrogen) atoms. The molecule has 1 saturated heterocycles. The highest BCUT2D eigenvalue weighted by atomic mass is 35.5. The van der Waals surface area contributed by atoms with Crippen molar-refractivity contribution in [2.45, 2.75) is 25.3 Å². The summed E-state index contributed by atoms with van der Waals surface area (Å²) in [6.45, 7) is 2.26. The predicted molar refractivity (Wildman–Crippen MR) is 106 cm³/mol. The van der Waals surface area contributed by atoms with Crippen LogP contribution in [-0.4, -0.2) is 41.0 Å². The van der Waals surface area contributed by atoms with Crippen molar-refractivity contribution in [3.63, 3.8) is 0 Å². The molecule has 3 aromatic rings. The summed E-state index contributed by atoms with van der Waals surface area (Å²) in [7, 11) is 2.18. The number of nitrogens with one attached hydrogen (secondary N) is 1. The van der Waals surface area contributed by atoms with Gasteiger partial charge >= 0.3 is 0 Å². The van der Waals surface area contributed by atoms with Gasteiger partial charge in [-0.2, -0.15) is 0 Å². The maximum atomic E-state index is 6.00. The van der Waals surface area contributed by atoms with Crippen molar-refractivity contribution >= 4 is 39.0 Å².